The van der Waals surface area contributed by atoms with Gasteiger partial charge in [-0.1, -0.05) is 12.1 Å². The number of ether oxygens (including phenoxy) is 5. The van der Waals surface area contributed by atoms with Crippen molar-refractivity contribution in [3.05, 3.63) is 53.6 Å². The zero-order chi connectivity index (χ0) is 20.5. The minimum atomic E-state index is -0.768. The van der Waals surface area contributed by atoms with E-state index in [0.29, 0.717) is 23.5 Å². The third-order valence-corrected chi connectivity index (χ3v) is 4.14. The number of phenols is 1. The average molecular weight is 388 g/mol. The molecular weight excluding hydrogens is 364 g/mol. The second kappa shape index (κ2) is 10.1. The van der Waals surface area contributed by atoms with Crippen LogP contribution in [0.25, 0.3) is 5.57 Å². The van der Waals surface area contributed by atoms with E-state index in [-0.39, 0.29) is 12.4 Å². The molecule has 0 saturated heterocycles. The molecule has 2 aromatic rings. The smallest absolute Gasteiger partial charge is 0.507 e. The highest BCUT2D eigenvalue weighted by atomic mass is 16.7. The van der Waals surface area contributed by atoms with Crippen LogP contribution in [0, 0.1) is 0 Å². The monoisotopic (exact) mass is 388 g/mol. The quantitative estimate of drug-likeness (QED) is 0.688. The molecule has 0 aliphatic rings. The third kappa shape index (κ3) is 5.33. The summed E-state index contributed by atoms with van der Waals surface area (Å²) in [5, 5.41) is 10.5. The maximum atomic E-state index is 11.2. The van der Waals surface area contributed by atoms with Crippen molar-refractivity contribution in [2.75, 3.05) is 35.0 Å². The van der Waals surface area contributed by atoms with Crippen molar-refractivity contribution >= 4 is 11.7 Å². The molecule has 2 aromatic carbocycles. The van der Waals surface area contributed by atoms with Crippen LogP contribution in [0.1, 0.15) is 11.1 Å². The van der Waals surface area contributed by atoms with Crippen molar-refractivity contribution in [1.29, 1.82) is 0 Å². The lowest BCUT2D eigenvalue weighted by Gasteiger charge is -2.15. The molecule has 1 N–H and O–H groups in total. The Morgan fingerprint density at radius 1 is 0.964 bits per heavy atom. The van der Waals surface area contributed by atoms with E-state index in [2.05, 4.69) is 4.74 Å². The fourth-order valence-electron chi connectivity index (χ4n) is 2.64. The topological polar surface area (TPSA) is 83.5 Å². The molecule has 0 unspecified atom stereocenters. The largest absolute Gasteiger partial charge is 0.508 e. The Bertz CT molecular complexity index is 825. The standard InChI is InChI=1S/C21H24O7/c1-24-16-7-5-14(6-8-16)15(9-10-28-21(23)27-4)11-18-19(22)12-17(25-2)13-20(18)26-3/h5-9,12-13,22H,10-11H2,1-4H3/b15-9-. The van der Waals surface area contributed by atoms with Gasteiger partial charge in [0, 0.05) is 24.1 Å². The van der Waals surface area contributed by atoms with Gasteiger partial charge in [-0.15, -0.1) is 0 Å². The van der Waals surface area contributed by atoms with Crippen molar-refractivity contribution in [2.45, 2.75) is 6.42 Å². The van der Waals surface area contributed by atoms with Gasteiger partial charge in [0.05, 0.1) is 28.4 Å². The van der Waals surface area contributed by atoms with E-state index < -0.39 is 6.16 Å². The number of methoxy groups -OCH3 is 4. The number of carbonyl (C=O) groups is 1. The molecule has 0 bridgehead atoms. The van der Waals surface area contributed by atoms with Crippen LogP contribution in [0.4, 0.5) is 4.79 Å². The van der Waals surface area contributed by atoms with Crippen molar-refractivity contribution in [3.8, 4) is 23.0 Å². The highest BCUT2D eigenvalue weighted by Crippen LogP contribution is 2.36. The molecule has 150 valence electrons. The van der Waals surface area contributed by atoms with Crippen LogP contribution in [0.3, 0.4) is 0 Å². The molecule has 0 aliphatic carbocycles. The van der Waals surface area contributed by atoms with E-state index in [9.17, 15) is 9.90 Å². The Morgan fingerprint density at radius 2 is 1.64 bits per heavy atom. The molecule has 28 heavy (non-hydrogen) atoms. The molecule has 0 saturated carbocycles. The summed E-state index contributed by atoms with van der Waals surface area (Å²) in [5.74, 6) is 1.75. The minimum absolute atomic E-state index is 0.0211. The molecule has 0 amide bonds. The number of rotatable bonds is 8. The second-order valence-electron chi connectivity index (χ2n) is 5.73. The molecule has 0 atom stereocenters. The number of carbonyl (C=O) groups excluding carboxylic acids is 1. The zero-order valence-electron chi connectivity index (χ0n) is 16.4. The summed E-state index contributed by atoms with van der Waals surface area (Å²) in [5.41, 5.74) is 2.29. The summed E-state index contributed by atoms with van der Waals surface area (Å²) >= 11 is 0. The van der Waals surface area contributed by atoms with Crippen LogP contribution in [0.2, 0.25) is 0 Å². The first-order valence-electron chi connectivity index (χ1n) is 8.50. The van der Waals surface area contributed by atoms with E-state index in [1.54, 1.807) is 19.3 Å². The van der Waals surface area contributed by atoms with Gasteiger partial charge in [-0.25, -0.2) is 4.79 Å². The first-order chi connectivity index (χ1) is 13.5. The molecule has 2 rings (SSSR count). The summed E-state index contributed by atoms with van der Waals surface area (Å²) in [6, 6.07) is 10.6. The van der Waals surface area contributed by atoms with Crippen molar-refractivity contribution in [2.24, 2.45) is 0 Å². The SMILES string of the molecule is COC(=O)OC/C=C(/Cc1c(O)cc(OC)cc1OC)c1ccc(OC)cc1. The maximum absolute atomic E-state index is 11.2. The van der Waals surface area contributed by atoms with Crippen LogP contribution in [0.15, 0.2) is 42.5 Å². The molecule has 0 fully saturated rings. The van der Waals surface area contributed by atoms with Crippen LogP contribution < -0.4 is 14.2 Å². The molecule has 0 spiro atoms. The first kappa shape index (κ1) is 21.0. The van der Waals surface area contributed by atoms with Gasteiger partial charge in [-0.3, -0.25) is 0 Å². The molecule has 0 radical (unpaired) electrons. The van der Waals surface area contributed by atoms with Gasteiger partial charge in [0.2, 0.25) is 0 Å². The Hall–Kier alpha value is -3.35. The normalized spacial score (nSPS) is 10.9. The number of benzene rings is 2. The fraction of sp³-hybridized carbons (Fsp3) is 0.286. The highest BCUT2D eigenvalue weighted by molar-refractivity contribution is 5.71. The molecule has 0 aromatic heterocycles. The second-order valence-corrected chi connectivity index (χ2v) is 5.73. The van der Waals surface area contributed by atoms with E-state index in [4.69, 9.17) is 18.9 Å². The number of aromatic hydroxyl groups is 1. The van der Waals surface area contributed by atoms with Gasteiger partial charge in [-0.05, 0) is 29.3 Å². The number of hydrogen-bond donors (Lipinski definition) is 1. The number of allylic oxidation sites excluding steroid dienone is 1. The van der Waals surface area contributed by atoms with E-state index >= 15 is 0 Å². The summed E-state index contributed by atoms with van der Waals surface area (Å²) < 4.78 is 25.2. The van der Waals surface area contributed by atoms with Crippen molar-refractivity contribution in [1.82, 2.24) is 0 Å². The zero-order valence-corrected chi connectivity index (χ0v) is 16.4. The summed E-state index contributed by atoms with van der Waals surface area (Å²) in [6.45, 7) is 0.0211. The lowest BCUT2D eigenvalue weighted by Crippen LogP contribution is -2.05. The third-order valence-electron chi connectivity index (χ3n) is 4.14. The van der Waals surface area contributed by atoms with Gasteiger partial charge in [-0.2, -0.15) is 0 Å². The predicted molar refractivity (Wildman–Crippen MR) is 104 cm³/mol. The fourth-order valence-corrected chi connectivity index (χ4v) is 2.64. The summed E-state index contributed by atoms with van der Waals surface area (Å²) in [6.07, 6.45) is 1.33. The van der Waals surface area contributed by atoms with Crippen LogP contribution in [-0.4, -0.2) is 46.3 Å². The molecule has 0 aliphatic heterocycles. The summed E-state index contributed by atoms with van der Waals surface area (Å²) in [4.78, 5) is 11.2. The lowest BCUT2D eigenvalue weighted by molar-refractivity contribution is 0.0818. The Morgan fingerprint density at radius 3 is 2.21 bits per heavy atom. The number of hydrogen-bond acceptors (Lipinski definition) is 7. The van der Waals surface area contributed by atoms with Crippen molar-refractivity contribution < 1.29 is 33.6 Å². The van der Waals surface area contributed by atoms with E-state index in [1.807, 2.05) is 24.3 Å². The predicted octanol–water partition coefficient (Wildman–Crippen LogP) is 3.83. The summed E-state index contributed by atoms with van der Waals surface area (Å²) in [7, 11) is 5.88. The van der Waals surface area contributed by atoms with E-state index in [0.717, 1.165) is 16.9 Å². The van der Waals surface area contributed by atoms with Gasteiger partial charge < -0.3 is 28.8 Å². The Labute approximate surface area is 164 Å². The van der Waals surface area contributed by atoms with Crippen LogP contribution in [-0.2, 0) is 15.9 Å². The number of phenolic OH excluding ortho intramolecular Hbond substituents is 1. The van der Waals surface area contributed by atoms with Gasteiger partial charge in [0.1, 0.15) is 29.6 Å². The van der Waals surface area contributed by atoms with Crippen LogP contribution in [0.5, 0.6) is 23.0 Å². The highest BCUT2D eigenvalue weighted by Gasteiger charge is 2.15. The maximum Gasteiger partial charge on any atom is 0.508 e. The Balaban J connectivity index is 2.38. The van der Waals surface area contributed by atoms with Crippen molar-refractivity contribution in [3.63, 3.8) is 0 Å². The van der Waals surface area contributed by atoms with Crippen LogP contribution >= 0.6 is 0 Å². The molecular formula is C21H24O7. The molecule has 7 heteroatoms. The Kier molecular flexibility index (Phi) is 7.56. The minimum Gasteiger partial charge on any atom is -0.507 e. The van der Waals surface area contributed by atoms with E-state index in [1.165, 1.54) is 27.4 Å². The molecule has 7 nitrogen and oxygen atoms in total. The average Bonchev–Trinajstić information content (AvgIpc) is 2.73. The van der Waals surface area contributed by atoms with Gasteiger partial charge in [0.25, 0.3) is 0 Å². The van der Waals surface area contributed by atoms with Gasteiger partial charge in [0.15, 0.2) is 0 Å². The first-order valence-corrected chi connectivity index (χ1v) is 8.50. The lowest BCUT2D eigenvalue weighted by atomic mass is 9.96. The molecule has 0 heterocycles. The van der Waals surface area contributed by atoms with Gasteiger partial charge >= 0.3 is 6.16 Å².